The molecule has 2 aliphatic rings. The summed E-state index contributed by atoms with van der Waals surface area (Å²) in [6.45, 7) is 4.14. The Balaban J connectivity index is 1.94. The maximum atomic E-state index is 11.4. The number of hydrogen-bond acceptors (Lipinski definition) is 5. The van der Waals surface area contributed by atoms with E-state index < -0.39 is 0 Å². The zero-order valence-electron chi connectivity index (χ0n) is 8.13. The lowest BCUT2D eigenvalue weighted by molar-refractivity contribution is -0.142. The molecule has 5 heteroatoms. The summed E-state index contributed by atoms with van der Waals surface area (Å²) in [5.41, 5.74) is 1.21. The van der Waals surface area contributed by atoms with Crippen LogP contribution in [0.3, 0.4) is 0 Å². The van der Waals surface area contributed by atoms with Crippen molar-refractivity contribution in [1.29, 1.82) is 0 Å². The number of esters is 1. The van der Waals surface area contributed by atoms with Gasteiger partial charge >= 0.3 is 5.97 Å². The van der Waals surface area contributed by atoms with Crippen LogP contribution in [0.1, 0.15) is 13.3 Å². The third kappa shape index (κ3) is 1.88. The summed E-state index contributed by atoms with van der Waals surface area (Å²) >= 11 is 1.57. The van der Waals surface area contributed by atoms with E-state index in [4.69, 9.17) is 4.74 Å². The summed E-state index contributed by atoms with van der Waals surface area (Å²) in [5.74, 6) is -0.160. The fraction of sp³-hybridized carbons (Fsp3) is 0.667. The summed E-state index contributed by atoms with van der Waals surface area (Å²) in [5, 5.41) is 6.26. The van der Waals surface area contributed by atoms with Crippen LogP contribution in [0.2, 0.25) is 0 Å². The molecule has 1 unspecified atom stereocenters. The van der Waals surface area contributed by atoms with Crippen LogP contribution < -0.4 is 10.6 Å². The molecule has 0 spiro atoms. The number of hydrogen-bond donors (Lipinski definition) is 2. The van der Waals surface area contributed by atoms with Gasteiger partial charge in [-0.05, 0) is 6.92 Å². The Hall–Kier alpha value is -0.680. The molecule has 2 heterocycles. The molecule has 14 heavy (non-hydrogen) atoms. The second kappa shape index (κ2) is 4.23. The molecule has 78 valence electrons. The topological polar surface area (TPSA) is 50.4 Å². The summed E-state index contributed by atoms with van der Waals surface area (Å²) in [7, 11) is 0. The highest BCUT2D eigenvalue weighted by Gasteiger charge is 2.31. The predicted molar refractivity (Wildman–Crippen MR) is 55.7 cm³/mol. The van der Waals surface area contributed by atoms with Crippen LogP contribution in [0.4, 0.5) is 0 Å². The van der Waals surface area contributed by atoms with E-state index in [-0.39, 0.29) is 11.3 Å². The van der Waals surface area contributed by atoms with E-state index in [1.165, 1.54) is 10.6 Å². The molecule has 4 nitrogen and oxygen atoms in total. The van der Waals surface area contributed by atoms with E-state index in [2.05, 4.69) is 10.6 Å². The fourth-order valence-electron chi connectivity index (χ4n) is 1.58. The molecule has 0 aromatic heterocycles. The lowest BCUT2D eigenvalue weighted by atomic mass is 10.2. The highest BCUT2D eigenvalue weighted by atomic mass is 32.2. The first-order valence-corrected chi connectivity index (χ1v) is 5.72. The molecule has 0 aromatic rings. The van der Waals surface area contributed by atoms with E-state index >= 15 is 0 Å². The van der Waals surface area contributed by atoms with Crippen molar-refractivity contribution in [2.24, 2.45) is 0 Å². The average molecular weight is 214 g/mol. The molecular weight excluding hydrogens is 200 g/mol. The molecule has 0 radical (unpaired) electrons. The van der Waals surface area contributed by atoms with Crippen molar-refractivity contribution >= 4 is 17.7 Å². The second-order valence-electron chi connectivity index (χ2n) is 3.22. The fourth-order valence-corrected chi connectivity index (χ4v) is 2.72. The first-order chi connectivity index (χ1) is 6.81. The molecule has 0 amide bonds. The van der Waals surface area contributed by atoms with E-state index in [9.17, 15) is 4.79 Å². The van der Waals surface area contributed by atoms with Crippen LogP contribution in [0.15, 0.2) is 10.6 Å². The lowest BCUT2D eigenvalue weighted by Crippen LogP contribution is -2.32. The molecule has 2 aliphatic heterocycles. The Morgan fingerprint density at radius 3 is 3.29 bits per heavy atom. The van der Waals surface area contributed by atoms with Gasteiger partial charge in [0, 0.05) is 30.1 Å². The van der Waals surface area contributed by atoms with E-state index in [1.807, 2.05) is 6.92 Å². The molecule has 0 saturated carbocycles. The molecule has 0 fully saturated rings. The molecule has 0 bridgehead atoms. The van der Waals surface area contributed by atoms with Gasteiger partial charge in [-0.1, -0.05) is 11.8 Å². The normalized spacial score (nSPS) is 25.6. The van der Waals surface area contributed by atoms with Gasteiger partial charge < -0.3 is 15.4 Å². The van der Waals surface area contributed by atoms with Gasteiger partial charge in [0.05, 0.1) is 6.61 Å². The molecule has 0 aliphatic carbocycles. The number of carbonyl (C=O) groups excluding carboxylic acids is 1. The van der Waals surface area contributed by atoms with Crippen LogP contribution in [0.5, 0.6) is 0 Å². The van der Waals surface area contributed by atoms with Gasteiger partial charge in [-0.15, -0.1) is 0 Å². The molecule has 0 saturated heterocycles. The molecular formula is C9H14N2O2S. The summed E-state index contributed by atoms with van der Waals surface area (Å²) < 4.78 is 4.96. The van der Waals surface area contributed by atoms with E-state index in [0.717, 1.165) is 19.5 Å². The molecule has 2 N–H and O–H groups in total. The van der Waals surface area contributed by atoms with Crippen LogP contribution in [-0.2, 0) is 9.53 Å². The van der Waals surface area contributed by atoms with Crippen LogP contribution in [-0.4, -0.2) is 31.0 Å². The number of ether oxygens (including phenoxy) is 1. The third-order valence-electron chi connectivity index (χ3n) is 2.24. The van der Waals surface area contributed by atoms with Gasteiger partial charge in [0.25, 0.3) is 0 Å². The zero-order chi connectivity index (χ0) is 9.97. The first kappa shape index (κ1) is 9.86. The van der Waals surface area contributed by atoms with Crippen molar-refractivity contribution in [2.45, 2.75) is 18.7 Å². The summed E-state index contributed by atoms with van der Waals surface area (Å²) in [6, 6.07) is 0. The number of thioether (sulfide) groups is 1. The Kier molecular flexibility index (Phi) is 2.98. The smallest absolute Gasteiger partial charge is 0.339 e. The third-order valence-corrected chi connectivity index (χ3v) is 3.46. The largest absolute Gasteiger partial charge is 0.464 e. The minimum Gasteiger partial charge on any atom is -0.464 e. The van der Waals surface area contributed by atoms with Crippen molar-refractivity contribution in [3.63, 3.8) is 0 Å². The van der Waals surface area contributed by atoms with Crippen molar-refractivity contribution in [1.82, 2.24) is 10.6 Å². The monoisotopic (exact) mass is 214 g/mol. The second-order valence-corrected chi connectivity index (χ2v) is 4.42. The Labute approximate surface area is 87.5 Å². The Bertz CT molecular complexity index is 260. The number of nitrogens with one attached hydrogen (secondary N) is 2. The van der Waals surface area contributed by atoms with Crippen molar-refractivity contribution < 1.29 is 9.53 Å². The maximum absolute atomic E-state index is 11.4. The molecule has 0 aromatic carbocycles. The summed E-state index contributed by atoms with van der Waals surface area (Å²) in [6.07, 6.45) is 0.984. The van der Waals surface area contributed by atoms with Crippen molar-refractivity contribution in [3.8, 4) is 0 Å². The highest BCUT2D eigenvalue weighted by Crippen LogP contribution is 2.33. The van der Waals surface area contributed by atoms with Gasteiger partial charge in [0.1, 0.15) is 0 Å². The van der Waals surface area contributed by atoms with Gasteiger partial charge in [-0.3, -0.25) is 0 Å². The molecule has 2 rings (SSSR count). The van der Waals surface area contributed by atoms with Crippen LogP contribution >= 0.6 is 11.8 Å². The minimum atomic E-state index is -0.222. The van der Waals surface area contributed by atoms with Gasteiger partial charge in [-0.2, -0.15) is 0 Å². The van der Waals surface area contributed by atoms with Crippen molar-refractivity contribution in [3.05, 3.63) is 10.6 Å². The van der Waals surface area contributed by atoms with Crippen molar-refractivity contribution in [2.75, 3.05) is 19.7 Å². The highest BCUT2D eigenvalue weighted by molar-refractivity contribution is 8.04. The quantitative estimate of drug-likeness (QED) is 0.652. The number of carbonyl (C=O) groups is 1. The SMILES string of the molecule is CCOC(=O)C1NC2=C(CNCC2)S1. The lowest BCUT2D eigenvalue weighted by Gasteiger charge is -2.13. The van der Waals surface area contributed by atoms with Crippen LogP contribution in [0.25, 0.3) is 0 Å². The Morgan fingerprint density at radius 1 is 1.71 bits per heavy atom. The average Bonchev–Trinajstić information content (AvgIpc) is 2.61. The first-order valence-electron chi connectivity index (χ1n) is 4.84. The predicted octanol–water partition coefficient (Wildman–Crippen LogP) is 0.417. The van der Waals surface area contributed by atoms with Crippen LogP contribution in [0, 0.1) is 0 Å². The van der Waals surface area contributed by atoms with E-state index in [1.54, 1.807) is 11.8 Å². The zero-order valence-corrected chi connectivity index (χ0v) is 8.95. The number of rotatable bonds is 2. The Morgan fingerprint density at radius 2 is 2.57 bits per heavy atom. The maximum Gasteiger partial charge on any atom is 0.339 e. The van der Waals surface area contributed by atoms with Gasteiger partial charge in [-0.25, -0.2) is 4.79 Å². The van der Waals surface area contributed by atoms with E-state index in [0.29, 0.717) is 6.61 Å². The standard InChI is InChI=1S/C9H14N2O2S/c1-2-13-9(12)8-11-6-3-4-10-5-7(6)14-8/h8,10-11H,2-5H2,1H3. The van der Waals surface area contributed by atoms with Gasteiger partial charge in [0.2, 0.25) is 0 Å². The molecule has 1 atom stereocenters. The van der Waals surface area contributed by atoms with Gasteiger partial charge in [0.15, 0.2) is 5.37 Å². The minimum absolute atomic E-state index is 0.160. The summed E-state index contributed by atoms with van der Waals surface area (Å²) in [4.78, 5) is 12.7.